The highest BCUT2D eigenvalue weighted by Crippen LogP contribution is 2.21. The maximum Gasteiger partial charge on any atom is 0.246 e. The lowest BCUT2D eigenvalue weighted by molar-refractivity contribution is -0.130. The van der Waals surface area contributed by atoms with E-state index in [4.69, 9.17) is 9.26 Å². The van der Waals surface area contributed by atoms with Gasteiger partial charge in [-0.2, -0.15) is 4.98 Å². The topological polar surface area (TPSA) is 68.5 Å². The summed E-state index contributed by atoms with van der Waals surface area (Å²) in [4.78, 5) is 18.3. The van der Waals surface area contributed by atoms with Gasteiger partial charge in [0.2, 0.25) is 17.6 Å². The van der Waals surface area contributed by atoms with Crippen molar-refractivity contribution >= 4 is 5.91 Å². The number of benzene rings is 2. The molecule has 1 amide bonds. The fraction of sp³-hybridized carbons (Fsp3) is 0.250. The molecule has 1 heterocycles. The number of carbonyl (C=O) groups is 1. The number of carbonyl (C=O) groups excluding carboxylic acids is 1. The van der Waals surface area contributed by atoms with E-state index in [9.17, 15) is 4.79 Å². The quantitative estimate of drug-likeness (QED) is 0.682. The van der Waals surface area contributed by atoms with Crippen molar-refractivity contribution in [1.82, 2.24) is 15.0 Å². The van der Waals surface area contributed by atoms with Crippen molar-refractivity contribution in [2.45, 2.75) is 19.9 Å². The minimum atomic E-state index is -0.00464. The maximum atomic E-state index is 12.4. The number of aromatic nitrogens is 2. The zero-order valence-corrected chi connectivity index (χ0v) is 15.1. The number of ether oxygens (including phenoxy) is 1. The van der Waals surface area contributed by atoms with Crippen molar-refractivity contribution in [2.75, 3.05) is 14.2 Å². The lowest BCUT2D eigenvalue weighted by atomic mass is 10.1. The minimum Gasteiger partial charge on any atom is -0.497 e. The van der Waals surface area contributed by atoms with Gasteiger partial charge in [0.25, 0.3) is 0 Å². The normalized spacial score (nSPS) is 10.6. The van der Waals surface area contributed by atoms with Crippen LogP contribution in [0.25, 0.3) is 11.4 Å². The van der Waals surface area contributed by atoms with Crippen LogP contribution in [0.3, 0.4) is 0 Å². The Labute approximate surface area is 152 Å². The molecule has 0 N–H and O–H groups in total. The first-order valence-corrected chi connectivity index (χ1v) is 8.31. The monoisotopic (exact) mass is 351 g/mol. The molecule has 26 heavy (non-hydrogen) atoms. The molecule has 6 heteroatoms. The number of rotatable bonds is 6. The molecule has 0 saturated carbocycles. The number of methoxy groups -OCH3 is 1. The van der Waals surface area contributed by atoms with Crippen molar-refractivity contribution in [1.29, 1.82) is 0 Å². The number of nitrogens with zero attached hydrogens (tertiary/aromatic N) is 3. The minimum absolute atomic E-state index is 0.00464. The van der Waals surface area contributed by atoms with Crippen LogP contribution in [-0.4, -0.2) is 35.1 Å². The number of likely N-dealkylation sites (N-methyl/N-ethyl adjacent to an activating group) is 1. The Hall–Kier alpha value is -3.15. The molecule has 3 rings (SSSR count). The van der Waals surface area contributed by atoms with Gasteiger partial charge in [-0.3, -0.25) is 4.79 Å². The van der Waals surface area contributed by atoms with Gasteiger partial charge < -0.3 is 14.2 Å². The third-order valence-corrected chi connectivity index (χ3v) is 4.07. The first kappa shape index (κ1) is 17.7. The fourth-order valence-electron chi connectivity index (χ4n) is 2.51. The summed E-state index contributed by atoms with van der Waals surface area (Å²) in [6.45, 7) is 2.29. The molecule has 0 aliphatic rings. The van der Waals surface area contributed by atoms with Crippen LogP contribution in [0.5, 0.6) is 5.75 Å². The van der Waals surface area contributed by atoms with Crippen molar-refractivity contribution in [3.63, 3.8) is 0 Å². The van der Waals surface area contributed by atoms with E-state index in [1.807, 2.05) is 55.5 Å². The molecule has 6 nitrogen and oxygen atoms in total. The number of amides is 1. The summed E-state index contributed by atoms with van der Waals surface area (Å²) >= 11 is 0. The van der Waals surface area contributed by atoms with E-state index < -0.39 is 0 Å². The van der Waals surface area contributed by atoms with Gasteiger partial charge in [-0.1, -0.05) is 47.1 Å². The summed E-state index contributed by atoms with van der Waals surface area (Å²) in [6, 6.07) is 15.4. The van der Waals surface area contributed by atoms with E-state index in [1.165, 1.54) is 5.56 Å². The highest BCUT2D eigenvalue weighted by atomic mass is 16.5. The molecule has 0 bridgehead atoms. The third kappa shape index (κ3) is 4.27. The molecule has 3 aromatic rings. The van der Waals surface area contributed by atoms with E-state index in [1.54, 1.807) is 19.1 Å². The van der Waals surface area contributed by atoms with Crippen LogP contribution in [0, 0.1) is 6.92 Å². The highest BCUT2D eigenvalue weighted by Gasteiger charge is 2.15. The van der Waals surface area contributed by atoms with Gasteiger partial charge in [0, 0.05) is 12.6 Å². The third-order valence-electron chi connectivity index (χ3n) is 4.07. The molecule has 0 saturated heterocycles. The first-order chi connectivity index (χ1) is 12.5. The summed E-state index contributed by atoms with van der Waals surface area (Å²) in [5.41, 5.74) is 2.95. The molecule has 0 unspecified atom stereocenters. The summed E-state index contributed by atoms with van der Waals surface area (Å²) in [5, 5.41) is 3.99. The van der Waals surface area contributed by atoms with Crippen LogP contribution in [0.4, 0.5) is 0 Å². The van der Waals surface area contributed by atoms with Crippen LogP contribution in [0.2, 0.25) is 0 Å². The van der Waals surface area contributed by atoms with Crippen LogP contribution in [-0.2, 0) is 17.8 Å². The van der Waals surface area contributed by atoms with E-state index in [-0.39, 0.29) is 12.5 Å². The second-order valence-corrected chi connectivity index (χ2v) is 6.16. The summed E-state index contributed by atoms with van der Waals surface area (Å²) in [6.07, 6.45) is 0.341. The Balaban J connectivity index is 1.64. The average molecular weight is 351 g/mol. The molecule has 0 spiro atoms. The standard InChI is InChI=1S/C20H21N3O3/c1-14-7-9-15(10-8-14)11-19(24)23(2)13-18-21-20(22-26-18)16-5-4-6-17(12-16)25-3/h4-10,12H,11,13H2,1-3H3. The van der Waals surface area contributed by atoms with E-state index >= 15 is 0 Å². The second kappa shape index (κ2) is 7.82. The van der Waals surface area contributed by atoms with E-state index in [0.717, 1.165) is 16.9 Å². The lowest BCUT2D eigenvalue weighted by Gasteiger charge is -2.14. The lowest BCUT2D eigenvalue weighted by Crippen LogP contribution is -2.27. The van der Waals surface area contributed by atoms with E-state index in [0.29, 0.717) is 18.1 Å². The molecule has 134 valence electrons. The van der Waals surface area contributed by atoms with Crippen molar-refractivity contribution in [2.24, 2.45) is 0 Å². The predicted molar refractivity (Wildman–Crippen MR) is 97.6 cm³/mol. The Morgan fingerprint density at radius 1 is 1.19 bits per heavy atom. The Kier molecular flexibility index (Phi) is 5.31. The summed E-state index contributed by atoms with van der Waals surface area (Å²) in [7, 11) is 3.33. The largest absolute Gasteiger partial charge is 0.497 e. The molecular weight excluding hydrogens is 330 g/mol. The summed E-state index contributed by atoms with van der Waals surface area (Å²) < 4.78 is 10.5. The van der Waals surface area contributed by atoms with Gasteiger partial charge in [-0.25, -0.2) is 0 Å². The van der Waals surface area contributed by atoms with Gasteiger partial charge in [0.1, 0.15) is 5.75 Å². The molecule has 0 aliphatic carbocycles. The van der Waals surface area contributed by atoms with Gasteiger partial charge in [-0.15, -0.1) is 0 Å². The number of aryl methyl sites for hydroxylation is 1. The van der Waals surface area contributed by atoms with Gasteiger partial charge >= 0.3 is 0 Å². The van der Waals surface area contributed by atoms with Crippen molar-refractivity contribution in [3.05, 3.63) is 65.5 Å². The van der Waals surface area contributed by atoms with Crippen LogP contribution in [0.1, 0.15) is 17.0 Å². The molecule has 0 radical (unpaired) electrons. The van der Waals surface area contributed by atoms with Crippen molar-refractivity contribution < 1.29 is 14.1 Å². The van der Waals surface area contributed by atoms with Gasteiger partial charge in [0.15, 0.2) is 0 Å². The average Bonchev–Trinajstić information content (AvgIpc) is 3.12. The molecule has 0 aliphatic heterocycles. The smallest absolute Gasteiger partial charge is 0.246 e. The van der Waals surface area contributed by atoms with E-state index in [2.05, 4.69) is 10.1 Å². The Morgan fingerprint density at radius 2 is 1.96 bits per heavy atom. The number of hydrogen-bond acceptors (Lipinski definition) is 5. The summed E-state index contributed by atoms with van der Waals surface area (Å²) in [5.74, 6) is 1.58. The van der Waals surface area contributed by atoms with Gasteiger partial charge in [-0.05, 0) is 24.6 Å². The van der Waals surface area contributed by atoms with Crippen LogP contribution >= 0.6 is 0 Å². The Morgan fingerprint density at radius 3 is 2.69 bits per heavy atom. The van der Waals surface area contributed by atoms with Crippen molar-refractivity contribution in [3.8, 4) is 17.1 Å². The molecule has 0 atom stereocenters. The van der Waals surface area contributed by atoms with Crippen LogP contribution in [0.15, 0.2) is 53.1 Å². The fourth-order valence-corrected chi connectivity index (χ4v) is 2.51. The zero-order valence-electron chi connectivity index (χ0n) is 15.1. The second-order valence-electron chi connectivity index (χ2n) is 6.16. The predicted octanol–water partition coefficient (Wildman–Crippen LogP) is 3.25. The Bertz CT molecular complexity index is 887. The van der Waals surface area contributed by atoms with Gasteiger partial charge in [0.05, 0.1) is 20.1 Å². The molecule has 1 aromatic heterocycles. The zero-order chi connectivity index (χ0) is 18.5. The van der Waals surface area contributed by atoms with Crippen LogP contribution < -0.4 is 4.74 Å². The molecular formula is C20H21N3O3. The highest BCUT2D eigenvalue weighted by molar-refractivity contribution is 5.78. The SMILES string of the molecule is COc1cccc(-c2noc(CN(C)C(=O)Cc3ccc(C)cc3)n2)c1. The molecule has 0 fully saturated rings. The number of hydrogen-bond donors (Lipinski definition) is 0. The maximum absolute atomic E-state index is 12.4. The first-order valence-electron chi connectivity index (χ1n) is 8.31. The molecule has 2 aromatic carbocycles.